The third-order valence-corrected chi connectivity index (χ3v) is 11.8. The van der Waals surface area contributed by atoms with Gasteiger partial charge in [0.2, 0.25) is 0 Å². The maximum absolute atomic E-state index is 6.73. The first kappa shape index (κ1) is 30.0. The minimum Gasteiger partial charge on any atom is -0.454 e. The van der Waals surface area contributed by atoms with Crippen LogP contribution in [0.1, 0.15) is 33.4 Å². The van der Waals surface area contributed by atoms with Gasteiger partial charge in [0.1, 0.15) is 5.58 Å². The molecule has 2 aliphatic carbocycles. The highest BCUT2D eigenvalue weighted by Gasteiger charge is 2.51. The van der Waals surface area contributed by atoms with Crippen molar-refractivity contribution in [3.63, 3.8) is 0 Å². The standard InChI is InChI=1S/C51H35NO/c1-32-14-3-4-15-36(32)37-28-26-34(30-33(37)2)52(48-24-13-20-43-42-19-8-12-25-49(42)53-50(43)48)35-27-29-41-40-18-7-11-23-46(40)51(47(41)31-35)44-21-9-5-16-38(44)39-17-6-10-22-45(39)51/h3-31H,1-2H3. The van der Waals surface area contributed by atoms with Crippen LogP contribution in [0, 0.1) is 13.8 Å². The van der Waals surface area contributed by atoms with Gasteiger partial charge >= 0.3 is 0 Å². The summed E-state index contributed by atoms with van der Waals surface area (Å²) in [6.45, 7) is 4.42. The molecule has 1 heterocycles. The van der Waals surface area contributed by atoms with E-state index in [9.17, 15) is 0 Å². The van der Waals surface area contributed by atoms with E-state index >= 15 is 0 Å². The van der Waals surface area contributed by atoms with E-state index in [1.807, 2.05) is 6.07 Å². The van der Waals surface area contributed by atoms with Crippen LogP contribution in [-0.2, 0) is 5.41 Å². The minimum absolute atomic E-state index is 0.434. The van der Waals surface area contributed by atoms with E-state index in [2.05, 4.69) is 189 Å². The molecule has 1 spiro atoms. The van der Waals surface area contributed by atoms with E-state index in [1.165, 1.54) is 66.8 Å². The summed E-state index contributed by atoms with van der Waals surface area (Å²) in [6.07, 6.45) is 0. The number of rotatable bonds is 4. The van der Waals surface area contributed by atoms with Gasteiger partial charge in [-0.05, 0) is 117 Å². The van der Waals surface area contributed by atoms with Crippen molar-refractivity contribution < 1.29 is 4.42 Å². The summed E-state index contributed by atoms with van der Waals surface area (Å²) < 4.78 is 6.73. The van der Waals surface area contributed by atoms with Crippen LogP contribution in [0.15, 0.2) is 180 Å². The lowest BCUT2D eigenvalue weighted by molar-refractivity contribution is 0.669. The van der Waals surface area contributed by atoms with Crippen LogP contribution >= 0.6 is 0 Å². The van der Waals surface area contributed by atoms with Crippen molar-refractivity contribution >= 4 is 39.0 Å². The molecule has 0 saturated heterocycles. The number of furan rings is 1. The van der Waals surface area contributed by atoms with Gasteiger partial charge in [-0.15, -0.1) is 0 Å². The maximum atomic E-state index is 6.73. The van der Waals surface area contributed by atoms with Gasteiger partial charge in [-0.1, -0.05) is 140 Å². The molecule has 8 aromatic carbocycles. The van der Waals surface area contributed by atoms with Crippen molar-refractivity contribution in [2.45, 2.75) is 19.3 Å². The first-order chi connectivity index (χ1) is 26.1. The van der Waals surface area contributed by atoms with Crippen LogP contribution in [0.5, 0.6) is 0 Å². The normalized spacial score (nSPS) is 13.2. The average molecular weight is 678 g/mol. The molecule has 0 amide bonds. The summed E-state index contributed by atoms with van der Waals surface area (Å²) in [5, 5.41) is 2.23. The Morgan fingerprint density at radius 2 is 0.906 bits per heavy atom. The predicted molar refractivity (Wildman–Crippen MR) is 220 cm³/mol. The SMILES string of the molecule is Cc1ccccc1-c1ccc(N(c2ccc3c(c2)C2(c4ccccc4-c4ccccc42)c2ccccc2-3)c2cccc3c2oc2ccccc23)cc1C. The second kappa shape index (κ2) is 11.2. The van der Waals surface area contributed by atoms with Gasteiger partial charge in [0.25, 0.3) is 0 Å². The topological polar surface area (TPSA) is 16.4 Å². The molecule has 250 valence electrons. The monoisotopic (exact) mass is 677 g/mol. The Hall–Kier alpha value is -6.64. The zero-order valence-electron chi connectivity index (χ0n) is 29.6. The molecule has 0 saturated carbocycles. The summed E-state index contributed by atoms with van der Waals surface area (Å²) in [5.74, 6) is 0. The molecule has 0 bridgehead atoms. The van der Waals surface area contributed by atoms with E-state index in [1.54, 1.807) is 0 Å². The van der Waals surface area contributed by atoms with Crippen LogP contribution in [0.4, 0.5) is 17.1 Å². The zero-order chi connectivity index (χ0) is 35.3. The van der Waals surface area contributed by atoms with E-state index in [4.69, 9.17) is 4.42 Å². The first-order valence-electron chi connectivity index (χ1n) is 18.4. The first-order valence-corrected chi connectivity index (χ1v) is 18.4. The van der Waals surface area contributed by atoms with Crippen LogP contribution in [0.2, 0.25) is 0 Å². The summed E-state index contributed by atoms with van der Waals surface area (Å²) in [7, 11) is 0. The average Bonchev–Trinajstić information content (AvgIpc) is 3.83. The molecular formula is C51H35NO. The quantitative estimate of drug-likeness (QED) is 0.184. The predicted octanol–water partition coefficient (Wildman–Crippen LogP) is 13.7. The molecule has 0 radical (unpaired) electrons. The molecule has 2 nitrogen and oxygen atoms in total. The van der Waals surface area contributed by atoms with Crippen LogP contribution in [0.25, 0.3) is 55.3 Å². The van der Waals surface area contributed by atoms with Crippen LogP contribution in [-0.4, -0.2) is 0 Å². The summed E-state index contributed by atoms with van der Waals surface area (Å²) >= 11 is 0. The second-order valence-electron chi connectivity index (χ2n) is 14.5. The van der Waals surface area contributed by atoms with E-state index < -0.39 is 5.41 Å². The van der Waals surface area contributed by atoms with Gasteiger partial charge < -0.3 is 9.32 Å². The van der Waals surface area contributed by atoms with Crippen molar-refractivity contribution in [3.05, 3.63) is 209 Å². The molecule has 0 N–H and O–H groups in total. The van der Waals surface area contributed by atoms with E-state index in [-0.39, 0.29) is 0 Å². The van der Waals surface area contributed by atoms with Crippen molar-refractivity contribution in [3.8, 4) is 33.4 Å². The molecule has 9 aromatic rings. The zero-order valence-corrected chi connectivity index (χ0v) is 29.6. The van der Waals surface area contributed by atoms with Crippen molar-refractivity contribution in [1.82, 2.24) is 0 Å². The molecule has 0 unspecified atom stereocenters. The largest absolute Gasteiger partial charge is 0.454 e. The number of aryl methyl sites for hydroxylation is 2. The summed E-state index contributed by atoms with van der Waals surface area (Å²) in [4.78, 5) is 2.41. The fourth-order valence-electron chi connectivity index (χ4n) is 9.52. The van der Waals surface area contributed by atoms with Gasteiger partial charge in [0, 0.05) is 22.1 Å². The van der Waals surface area contributed by atoms with E-state index in [0.29, 0.717) is 0 Å². The molecule has 2 aliphatic rings. The number of benzene rings is 8. The Morgan fingerprint density at radius 3 is 1.57 bits per heavy atom. The molecule has 53 heavy (non-hydrogen) atoms. The highest BCUT2D eigenvalue weighted by Crippen LogP contribution is 2.63. The molecule has 11 rings (SSSR count). The smallest absolute Gasteiger partial charge is 0.159 e. The third-order valence-electron chi connectivity index (χ3n) is 11.8. The number of fused-ring (bicyclic) bond motifs is 13. The molecule has 1 aromatic heterocycles. The Morgan fingerprint density at radius 1 is 0.396 bits per heavy atom. The van der Waals surface area contributed by atoms with Crippen molar-refractivity contribution in [2.24, 2.45) is 0 Å². The number of hydrogen-bond acceptors (Lipinski definition) is 2. The third kappa shape index (κ3) is 4.09. The van der Waals surface area contributed by atoms with Gasteiger partial charge in [0.05, 0.1) is 11.1 Å². The fourth-order valence-corrected chi connectivity index (χ4v) is 9.52. The van der Waals surface area contributed by atoms with Gasteiger partial charge in [0.15, 0.2) is 5.58 Å². The Labute approximate surface area is 309 Å². The highest BCUT2D eigenvalue weighted by atomic mass is 16.3. The van der Waals surface area contributed by atoms with Gasteiger partial charge in [-0.3, -0.25) is 0 Å². The molecule has 2 heteroatoms. The Bertz CT molecular complexity index is 2880. The number of para-hydroxylation sites is 2. The second-order valence-corrected chi connectivity index (χ2v) is 14.5. The Kier molecular flexibility index (Phi) is 6.33. The number of hydrogen-bond donors (Lipinski definition) is 0. The molecule has 0 aliphatic heterocycles. The van der Waals surface area contributed by atoms with Crippen molar-refractivity contribution in [1.29, 1.82) is 0 Å². The lowest BCUT2D eigenvalue weighted by Crippen LogP contribution is -2.26. The van der Waals surface area contributed by atoms with Crippen LogP contribution < -0.4 is 4.90 Å². The summed E-state index contributed by atoms with van der Waals surface area (Å²) in [6, 6.07) is 64.6. The van der Waals surface area contributed by atoms with Gasteiger partial charge in [-0.2, -0.15) is 0 Å². The lowest BCUT2D eigenvalue weighted by atomic mass is 9.70. The van der Waals surface area contributed by atoms with E-state index in [0.717, 1.165) is 39.0 Å². The molecule has 0 atom stereocenters. The van der Waals surface area contributed by atoms with Crippen LogP contribution in [0.3, 0.4) is 0 Å². The number of anilines is 3. The lowest BCUT2D eigenvalue weighted by Gasteiger charge is -2.32. The molecule has 0 fully saturated rings. The minimum atomic E-state index is -0.434. The fraction of sp³-hybridized carbons (Fsp3) is 0.0588. The Balaban J connectivity index is 1.20. The maximum Gasteiger partial charge on any atom is 0.159 e. The number of nitrogens with zero attached hydrogens (tertiary/aromatic N) is 1. The summed E-state index contributed by atoms with van der Waals surface area (Å²) in [5.41, 5.74) is 20.1. The van der Waals surface area contributed by atoms with Crippen molar-refractivity contribution in [2.75, 3.05) is 4.90 Å². The highest BCUT2D eigenvalue weighted by molar-refractivity contribution is 6.10. The molecular weight excluding hydrogens is 643 g/mol. The van der Waals surface area contributed by atoms with Gasteiger partial charge in [-0.25, -0.2) is 0 Å².